The number of halogens is 3. The summed E-state index contributed by atoms with van der Waals surface area (Å²) < 4.78 is 18.7. The second kappa shape index (κ2) is 4.51. The van der Waals surface area contributed by atoms with Crippen LogP contribution in [0.3, 0.4) is 0 Å². The Balaban J connectivity index is 2.63. The predicted molar refractivity (Wildman–Crippen MR) is 67.1 cm³/mol. The molecule has 3 atom stereocenters. The Morgan fingerprint density at radius 3 is 2.79 bits per heavy atom. The van der Waals surface area contributed by atoms with Crippen LogP contribution < -0.4 is 4.74 Å². The Morgan fingerprint density at radius 1 is 1.58 bits per heavy atom. The van der Waals surface area contributed by atoms with E-state index in [1.165, 1.54) is 13.0 Å². The monoisotopic (exact) mass is 308 g/mol. The van der Waals surface area contributed by atoms with Crippen molar-refractivity contribution in [2.24, 2.45) is 0 Å². The molecule has 19 heavy (non-hydrogen) atoms. The molecule has 4 nitrogen and oxygen atoms in total. The average molecular weight is 309 g/mol. The molecule has 0 saturated carbocycles. The molecule has 0 aliphatic carbocycles. The summed E-state index contributed by atoms with van der Waals surface area (Å²) in [6, 6.07) is 3.40. The third-order valence-electron chi connectivity index (χ3n) is 3.01. The van der Waals surface area contributed by atoms with Crippen molar-refractivity contribution in [3.05, 3.63) is 29.6 Å². The van der Waals surface area contributed by atoms with Crippen molar-refractivity contribution in [1.82, 2.24) is 0 Å². The number of fused-ring (bicyclic) bond motifs is 1. The molecule has 104 valence electrons. The van der Waals surface area contributed by atoms with E-state index in [0.29, 0.717) is 0 Å². The third kappa shape index (κ3) is 2.38. The van der Waals surface area contributed by atoms with E-state index >= 15 is 0 Å². The number of hydrogen-bond acceptors (Lipinski definition) is 3. The van der Waals surface area contributed by atoms with Crippen LogP contribution in [0.2, 0.25) is 0 Å². The highest BCUT2D eigenvalue weighted by atomic mass is 35.5. The fourth-order valence-corrected chi connectivity index (χ4v) is 2.68. The third-order valence-corrected chi connectivity index (χ3v) is 4.19. The molecule has 1 aromatic carbocycles. The zero-order valence-electron chi connectivity index (χ0n) is 9.86. The van der Waals surface area contributed by atoms with Crippen LogP contribution in [0.15, 0.2) is 18.2 Å². The number of rotatable bonds is 2. The van der Waals surface area contributed by atoms with Gasteiger partial charge in [0.25, 0.3) is 0 Å². The Labute approximate surface area is 118 Å². The van der Waals surface area contributed by atoms with E-state index < -0.39 is 34.2 Å². The smallest absolute Gasteiger partial charge is 0.306 e. The maximum atomic E-state index is 13.3. The standard InChI is InChI=1S/C12H11Cl2FO4/c1-11(14)10(13)12(18,5-9(16)17)7-4-6(15)2-3-8(7)19-11/h2-4,10,18H,5H2,1H3,(H,16,17). The number of carboxylic acid groups (broad SMARTS) is 1. The number of benzene rings is 1. The van der Waals surface area contributed by atoms with E-state index in [2.05, 4.69) is 0 Å². The van der Waals surface area contributed by atoms with Gasteiger partial charge in [0.15, 0.2) is 5.06 Å². The van der Waals surface area contributed by atoms with E-state index in [-0.39, 0.29) is 11.3 Å². The number of alkyl halides is 2. The van der Waals surface area contributed by atoms with Crippen molar-refractivity contribution < 1.29 is 24.1 Å². The first-order valence-electron chi connectivity index (χ1n) is 5.43. The van der Waals surface area contributed by atoms with Gasteiger partial charge < -0.3 is 14.9 Å². The Hall–Kier alpha value is -1.04. The Kier molecular flexibility index (Phi) is 3.41. The molecule has 2 N–H and O–H groups in total. The summed E-state index contributed by atoms with van der Waals surface area (Å²) in [5.74, 6) is -1.80. The maximum absolute atomic E-state index is 13.3. The van der Waals surface area contributed by atoms with Gasteiger partial charge >= 0.3 is 5.97 Å². The van der Waals surface area contributed by atoms with Crippen molar-refractivity contribution >= 4 is 29.2 Å². The first-order chi connectivity index (χ1) is 8.67. The van der Waals surface area contributed by atoms with E-state index in [0.717, 1.165) is 12.1 Å². The molecule has 0 spiro atoms. The second-order valence-corrected chi connectivity index (χ2v) is 5.77. The fourth-order valence-electron chi connectivity index (χ4n) is 2.17. The highest BCUT2D eigenvalue weighted by Crippen LogP contribution is 2.49. The molecule has 0 saturated heterocycles. The topological polar surface area (TPSA) is 66.8 Å². The lowest BCUT2D eigenvalue weighted by Crippen LogP contribution is -2.54. The van der Waals surface area contributed by atoms with Gasteiger partial charge in [0.2, 0.25) is 0 Å². The molecule has 0 aromatic heterocycles. The molecule has 1 aliphatic rings. The van der Waals surface area contributed by atoms with Crippen molar-refractivity contribution in [2.75, 3.05) is 0 Å². The highest BCUT2D eigenvalue weighted by Gasteiger charge is 2.55. The number of hydrogen-bond donors (Lipinski definition) is 2. The molecular weight excluding hydrogens is 298 g/mol. The van der Waals surface area contributed by atoms with Gasteiger partial charge in [0.1, 0.15) is 22.5 Å². The van der Waals surface area contributed by atoms with Crippen molar-refractivity contribution in [1.29, 1.82) is 0 Å². The molecular formula is C12H11Cl2FO4. The molecule has 1 aliphatic heterocycles. The lowest BCUT2D eigenvalue weighted by atomic mass is 9.82. The maximum Gasteiger partial charge on any atom is 0.306 e. The van der Waals surface area contributed by atoms with E-state index in [1.807, 2.05) is 0 Å². The minimum Gasteiger partial charge on any atom is -0.481 e. The minimum absolute atomic E-state index is 0.0203. The number of aliphatic carboxylic acids is 1. The van der Waals surface area contributed by atoms with Gasteiger partial charge in [0.05, 0.1) is 6.42 Å². The number of carbonyl (C=O) groups is 1. The van der Waals surface area contributed by atoms with Crippen molar-refractivity contribution in [2.45, 2.75) is 29.4 Å². The van der Waals surface area contributed by atoms with Gasteiger partial charge in [-0.1, -0.05) is 11.6 Å². The summed E-state index contributed by atoms with van der Waals surface area (Å²) in [6.45, 7) is 1.41. The van der Waals surface area contributed by atoms with Crippen LogP contribution in [0.4, 0.5) is 4.39 Å². The van der Waals surface area contributed by atoms with Crippen molar-refractivity contribution in [3.8, 4) is 5.75 Å². The van der Waals surface area contributed by atoms with Crippen LogP contribution in [0.25, 0.3) is 0 Å². The first-order valence-corrected chi connectivity index (χ1v) is 6.24. The molecule has 3 unspecified atom stereocenters. The molecule has 0 amide bonds. The first kappa shape index (κ1) is 14.4. The van der Waals surface area contributed by atoms with Crippen LogP contribution in [0.1, 0.15) is 18.9 Å². The molecule has 0 radical (unpaired) electrons. The van der Waals surface area contributed by atoms with Gasteiger partial charge in [0, 0.05) is 5.56 Å². The summed E-state index contributed by atoms with van der Waals surface area (Å²) in [7, 11) is 0. The summed E-state index contributed by atoms with van der Waals surface area (Å²) in [5, 5.41) is 16.7. The molecule has 0 bridgehead atoms. The average Bonchev–Trinajstić information content (AvgIpc) is 2.27. The van der Waals surface area contributed by atoms with Gasteiger partial charge in [-0.05, 0) is 25.1 Å². The molecule has 2 rings (SSSR count). The van der Waals surface area contributed by atoms with Crippen LogP contribution in [0, 0.1) is 5.82 Å². The van der Waals surface area contributed by atoms with E-state index in [4.69, 9.17) is 33.0 Å². The Bertz CT molecular complexity index is 534. The Morgan fingerprint density at radius 2 is 2.21 bits per heavy atom. The van der Waals surface area contributed by atoms with Gasteiger partial charge in [-0.15, -0.1) is 11.6 Å². The molecule has 0 fully saturated rings. The summed E-state index contributed by atoms with van der Waals surface area (Å²) in [6.07, 6.45) is -0.705. The van der Waals surface area contributed by atoms with Gasteiger partial charge in [-0.3, -0.25) is 4.79 Å². The fraction of sp³-hybridized carbons (Fsp3) is 0.417. The number of ether oxygens (including phenoxy) is 1. The summed E-state index contributed by atoms with van der Waals surface area (Å²) in [4.78, 5) is 10.9. The zero-order valence-corrected chi connectivity index (χ0v) is 11.4. The SMILES string of the molecule is CC1(Cl)Oc2ccc(F)cc2C(O)(CC(=O)O)C1Cl. The van der Waals surface area contributed by atoms with E-state index in [9.17, 15) is 14.3 Å². The minimum atomic E-state index is -2.01. The summed E-state index contributed by atoms with van der Waals surface area (Å²) in [5.41, 5.74) is -2.03. The van der Waals surface area contributed by atoms with Crippen LogP contribution in [-0.4, -0.2) is 26.6 Å². The normalized spacial score (nSPS) is 33.4. The number of aliphatic hydroxyl groups is 1. The lowest BCUT2D eigenvalue weighted by molar-refractivity contribution is -0.145. The van der Waals surface area contributed by atoms with Crippen LogP contribution in [0.5, 0.6) is 5.75 Å². The predicted octanol–water partition coefficient (Wildman–Crippen LogP) is 2.44. The molecule has 1 aromatic rings. The summed E-state index contributed by atoms with van der Waals surface area (Å²) >= 11 is 12.1. The molecule has 7 heteroatoms. The van der Waals surface area contributed by atoms with Crippen LogP contribution >= 0.6 is 23.2 Å². The lowest BCUT2D eigenvalue weighted by Gasteiger charge is -2.44. The van der Waals surface area contributed by atoms with Crippen LogP contribution in [-0.2, 0) is 10.4 Å². The van der Waals surface area contributed by atoms with Gasteiger partial charge in [-0.2, -0.15) is 0 Å². The molecule has 1 heterocycles. The quantitative estimate of drug-likeness (QED) is 0.824. The van der Waals surface area contributed by atoms with Gasteiger partial charge in [-0.25, -0.2) is 4.39 Å². The highest BCUT2D eigenvalue weighted by molar-refractivity contribution is 6.32. The van der Waals surface area contributed by atoms with E-state index in [1.54, 1.807) is 0 Å². The second-order valence-electron chi connectivity index (χ2n) is 4.59. The zero-order chi connectivity index (χ0) is 14.4. The largest absolute Gasteiger partial charge is 0.481 e. The number of carboxylic acids is 1. The van der Waals surface area contributed by atoms with Crippen molar-refractivity contribution in [3.63, 3.8) is 0 Å².